The Bertz CT molecular complexity index is 347. The molecule has 1 aromatic carbocycles. The number of nitrogens with one attached hydrogen (secondary N) is 1. The second-order valence-corrected chi connectivity index (χ2v) is 4.78. The van der Waals surface area contributed by atoms with Crippen LogP contribution < -0.4 is 14.4 Å². The summed E-state index contributed by atoms with van der Waals surface area (Å²) in [5.41, 5.74) is 0. The van der Waals surface area contributed by atoms with E-state index in [0.717, 1.165) is 64.0 Å². The lowest BCUT2D eigenvalue weighted by atomic mass is 10.3. The van der Waals surface area contributed by atoms with E-state index in [0.29, 0.717) is 0 Å². The third kappa shape index (κ3) is 5.09. The molecule has 0 spiro atoms. The number of rotatable bonds is 7. The first-order chi connectivity index (χ1) is 9.38. The lowest BCUT2D eigenvalue weighted by Crippen LogP contribution is -3.14. The Balaban J connectivity index is 1.67. The van der Waals surface area contributed by atoms with E-state index < -0.39 is 0 Å². The summed E-state index contributed by atoms with van der Waals surface area (Å²) in [6, 6.07) is 7.87. The van der Waals surface area contributed by atoms with Crippen molar-refractivity contribution in [2.24, 2.45) is 0 Å². The minimum atomic E-state index is 0.754. The summed E-state index contributed by atoms with van der Waals surface area (Å²) in [7, 11) is 0. The fraction of sp³-hybridized carbons (Fsp3) is 0.600. The summed E-state index contributed by atoms with van der Waals surface area (Å²) >= 11 is 0. The Morgan fingerprint density at radius 2 is 1.58 bits per heavy atom. The molecule has 1 heterocycles. The molecule has 1 aromatic rings. The molecule has 4 heteroatoms. The molecule has 1 fully saturated rings. The van der Waals surface area contributed by atoms with Crippen molar-refractivity contribution in [3.63, 3.8) is 0 Å². The van der Waals surface area contributed by atoms with Crippen LogP contribution in [0, 0.1) is 0 Å². The van der Waals surface area contributed by atoms with E-state index in [1.54, 1.807) is 4.90 Å². The average Bonchev–Trinajstić information content (AvgIpc) is 2.47. The van der Waals surface area contributed by atoms with Gasteiger partial charge < -0.3 is 19.1 Å². The number of morpholine rings is 1. The van der Waals surface area contributed by atoms with Crippen LogP contribution in [0.1, 0.15) is 13.3 Å². The van der Waals surface area contributed by atoms with Crippen LogP contribution in [0.3, 0.4) is 0 Å². The van der Waals surface area contributed by atoms with Crippen molar-refractivity contribution in [1.29, 1.82) is 0 Å². The van der Waals surface area contributed by atoms with Gasteiger partial charge in [0.2, 0.25) is 0 Å². The summed E-state index contributed by atoms with van der Waals surface area (Å²) < 4.78 is 16.6. The summed E-state index contributed by atoms with van der Waals surface area (Å²) in [4.78, 5) is 1.56. The van der Waals surface area contributed by atoms with Gasteiger partial charge in [0.05, 0.1) is 19.8 Å². The van der Waals surface area contributed by atoms with Crippen LogP contribution in [0.15, 0.2) is 24.3 Å². The molecule has 0 atom stereocenters. The Labute approximate surface area is 115 Å². The number of hydrogen-bond acceptors (Lipinski definition) is 3. The van der Waals surface area contributed by atoms with Crippen LogP contribution in [0.5, 0.6) is 11.5 Å². The molecule has 4 nitrogen and oxygen atoms in total. The fourth-order valence-corrected chi connectivity index (χ4v) is 2.08. The number of benzene rings is 1. The molecule has 0 unspecified atom stereocenters. The van der Waals surface area contributed by atoms with Gasteiger partial charge in [-0.3, -0.25) is 0 Å². The number of quaternary nitrogens is 1. The lowest BCUT2D eigenvalue weighted by molar-refractivity contribution is -0.908. The SMILES string of the molecule is CCCOc1ccc(OCC[NH+]2CCOCC2)cc1. The van der Waals surface area contributed by atoms with E-state index in [1.807, 2.05) is 24.3 Å². The lowest BCUT2D eigenvalue weighted by Gasteiger charge is -2.23. The van der Waals surface area contributed by atoms with Crippen LogP contribution in [0.4, 0.5) is 0 Å². The molecule has 1 aliphatic heterocycles. The van der Waals surface area contributed by atoms with Gasteiger partial charge in [-0.15, -0.1) is 0 Å². The molecule has 106 valence electrons. The van der Waals surface area contributed by atoms with Crippen molar-refractivity contribution in [2.45, 2.75) is 13.3 Å². The average molecular weight is 266 g/mol. The summed E-state index contributed by atoms with van der Waals surface area (Å²) in [5.74, 6) is 1.82. The van der Waals surface area contributed by atoms with E-state index in [-0.39, 0.29) is 0 Å². The van der Waals surface area contributed by atoms with Gasteiger partial charge in [-0.1, -0.05) is 6.92 Å². The predicted molar refractivity (Wildman–Crippen MR) is 74.1 cm³/mol. The number of ether oxygens (including phenoxy) is 3. The normalized spacial score (nSPS) is 16.3. The summed E-state index contributed by atoms with van der Waals surface area (Å²) in [5, 5.41) is 0. The van der Waals surface area contributed by atoms with Crippen molar-refractivity contribution >= 4 is 0 Å². The Kier molecular flexibility index (Phi) is 5.98. The van der Waals surface area contributed by atoms with Gasteiger partial charge in [-0.25, -0.2) is 0 Å². The smallest absolute Gasteiger partial charge is 0.137 e. The fourth-order valence-electron chi connectivity index (χ4n) is 2.08. The highest BCUT2D eigenvalue weighted by atomic mass is 16.5. The molecule has 1 aliphatic rings. The molecular weight excluding hydrogens is 242 g/mol. The topological polar surface area (TPSA) is 32.1 Å². The van der Waals surface area contributed by atoms with E-state index in [1.165, 1.54) is 0 Å². The first-order valence-corrected chi connectivity index (χ1v) is 7.15. The molecule has 1 N–H and O–H groups in total. The third-order valence-corrected chi connectivity index (χ3v) is 3.22. The minimum Gasteiger partial charge on any atom is -0.494 e. The van der Waals surface area contributed by atoms with Crippen LogP contribution in [0.25, 0.3) is 0 Å². The summed E-state index contributed by atoms with van der Waals surface area (Å²) in [6.45, 7) is 8.59. The third-order valence-electron chi connectivity index (χ3n) is 3.22. The molecule has 0 amide bonds. The van der Waals surface area contributed by atoms with Crippen molar-refractivity contribution in [3.8, 4) is 11.5 Å². The molecule has 0 radical (unpaired) electrons. The highest BCUT2D eigenvalue weighted by Crippen LogP contribution is 2.17. The standard InChI is InChI=1S/C15H23NO3/c1-2-10-18-14-3-5-15(6-4-14)19-13-9-16-7-11-17-12-8-16/h3-6H,2,7-13H2,1H3/p+1. The maximum Gasteiger partial charge on any atom is 0.137 e. The molecular formula is C15H24NO3+. The zero-order valence-corrected chi connectivity index (χ0v) is 11.7. The van der Waals surface area contributed by atoms with Crippen LogP contribution in [-0.4, -0.2) is 46.1 Å². The van der Waals surface area contributed by atoms with Gasteiger partial charge in [0.25, 0.3) is 0 Å². The maximum absolute atomic E-state index is 5.75. The van der Waals surface area contributed by atoms with E-state index in [4.69, 9.17) is 14.2 Å². The second kappa shape index (κ2) is 8.02. The molecule has 2 rings (SSSR count). The van der Waals surface area contributed by atoms with Crippen molar-refractivity contribution < 1.29 is 19.1 Å². The first kappa shape index (κ1) is 14.2. The van der Waals surface area contributed by atoms with Gasteiger partial charge >= 0.3 is 0 Å². The van der Waals surface area contributed by atoms with E-state index >= 15 is 0 Å². The molecule has 19 heavy (non-hydrogen) atoms. The molecule has 1 saturated heterocycles. The van der Waals surface area contributed by atoms with E-state index in [2.05, 4.69) is 6.92 Å². The van der Waals surface area contributed by atoms with Crippen LogP contribution in [-0.2, 0) is 4.74 Å². The van der Waals surface area contributed by atoms with Crippen LogP contribution in [0.2, 0.25) is 0 Å². The van der Waals surface area contributed by atoms with Crippen molar-refractivity contribution in [3.05, 3.63) is 24.3 Å². The van der Waals surface area contributed by atoms with E-state index in [9.17, 15) is 0 Å². The van der Waals surface area contributed by atoms with Gasteiger partial charge in [-0.2, -0.15) is 0 Å². The highest BCUT2D eigenvalue weighted by Gasteiger charge is 2.13. The zero-order valence-electron chi connectivity index (χ0n) is 11.7. The number of hydrogen-bond donors (Lipinski definition) is 1. The molecule has 0 aliphatic carbocycles. The predicted octanol–water partition coefficient (Wildman–Crippen LogP) is 0.769. The Morgan fingerprint density at radius 3 is 2.16 bits per heavy atom. The van der Waals surface area contributed by atoms with Gasteiger partial charge in [0, 0.05) is 0 Å². The maximum atomic E-state index is 5.75. The quantitative estimate of drug-likeness (QED) is 0.791. The monoisotopic (exact) mass is 266 g/mol. The Hall–Kier alpha value is -1.26. The largest absolute Gasteiger partial charge is 0.494 e. The first-order valence-electron chi connectivity index (χ1n) is 7.15. The van der Waals surface area contributed by atoms with Gasteiger partial charge in [-0.05, 0) is 30.7 Å². The molecule has 0 aromatic heterocycles. The van der Waals surface area contributed by atoms with Gasteiger partial charge in [0.15, 0.2) is 0 Å². The molecule has 0 bridgehead atoms. The second-order valence-electron chi connectivity index (χ2n) is 4.78. The zero-order chi connectivity index (χ0) is 13.3. The summed E-state index contributed by atoms with van der Waals surface area (Å²) in [6.07, 6.45) is 1.03. The highest BCUT2D eigenvalue weighted by molar-refractivity contribution is 5.31. The van der Waals surface area contributed by atoms with Crippen molar-refractivity contribution in [2.75, 3.05) is 46.1 Å². The van der Waals surface area contributed by atoms with Crippen LogP contribution >= 0.6 is 0 Å². The Morgan fingerprint density at radius 1 is 1.00 bits per heavy atom. The minimum absolute atomic E-state index is 0.754. The van der Waals surface area contributed by atoms with Gasteiger partial charge in [0.1, 0.15) is 37.7 Å². The van der Waals surface area contributed by atoms with Crippen molar-refractivity contribution in [1.82, 2.24) is 0 Å². The molecule has 0 saturated carbocycles.